The average molecular weight is 411 g/mol. The van der Waals surface area contributed by atoms with E-state index in [1.807, 2.05) is 61.5 Å². The number of aromatic nitrogens is 2. The van der Waals surface area contributed by atoms with Gasteiger partial charge in [-0.25, -0.2) is 4.79 Å². The lowest BCUT2D eigenvalue weighted by atomic mass is 10.0. The molecule has 2 aromatic carbocycles. The van der Waals surface area contributed by atoms with Crippen LogP contribution in [0.4, 0.5) is 0 Å². The minimum Gasteiger partial charge on any atom is -0.494 e. The van der Waals surface area contributed by atoms with Gasteiger partial charge >= 0.3 is 5.97 Å². The molecule has 0 spiro atoms. The molecule has 158 valence electrons. The van der Waals surface area contributed by atoms with Crippen LogP contribution in [0.15, 0.2) is 59.1 Å². The smallest absolute Gasteiger partial charge is 0.329 e. The molecule has 0 aliphatic heterocycles. The fourth-order valence-corrected chi connectivity index (χ4v) is 2.73. The molecule has 3 rings (SSSR count). The highest BCUT2D eigenvalue weighted by Crippen LogP contribution is 2.20. The summed E-state index contributed by atoms with van der Waals surface area (Å²) in [6.07, 6.45) is 0. The number of carbonyl (C=O) groups is 1. The molecule has 0 aliphatic rings. The van der Waals surface area contributed by atoms with Gasteiger partial charge in [-0.2, -0.15) is 4.98 Å². The Kier molecular flexibility index (Phi) is 7.03. The topological polar surface area (TPSA) is 95.7 Å². The first kappa shape index (κ1) is 21.3. The van der Waals surface area contributed by atoms with Crippen LogP contribution < -0.4 is 14.8 Å². The zero-order valence-electron chi connectivity index (χ0n) is 17.3. The quantitative estimate of drug-likeness (QED) is 0.508. The Labute approximate surface area is 175 Å². The number of benzene rings is 2. The van der Waals surface area contributed by atoms with Gasteiger partial charge in [0.15, 0.2) is 0 Å². The lowest BCUT2D eigenvalue weighted by Gasteiger charge is -2.27. The van der Waals surface area contributed by atoms with E-state index in [0.717, 1.165) is 11.3 Å². The van der Waals surface area contributed by atoms with Crippen molar-refractivity contribution in [2.24, 2.45) is 0 Å². The summed E-state index contributed by atoms with van der Waals surface area (Å²) in [6, 6.07) is 16.7. The van der Waals surface area contributed by atoms with E-state index in [-0.39, 0.29) is 13.2 Å². The van der Waals surface area contributed by atoms with E-state index in [0.29, 0.717) is 24.1 Å². The molecule has 1 atom stereocenters. The van der Waals surface area contributed by atoms with Crippen LogP contribution in [0.5, 0.6) is 11.5 Å². The van der Waals surface area contributed by atoms with Crippen molar-refractivity contribution >= 4 is 5.97 Å². The first-order valence-corrected chi connectivity index (χ1v) is 9.61. The number of hydrogen-bond donors (Lipinski definition) is 1. The molecule has 0 bridgehead atoms. The molecule has 3 aromatic rings. The van der Waals surface area contributed by atoms with Gasteiger partial charge in [0, 0.05) is 5.56 Å². The molecule has 1 unspecified atom stereocenters. The van der Waals surface area contributed by atoms with E-state index >= 15 is 0 Å². The highest BCUT2D eigenvalue weighted by molar-refractivity contribution is 5.80. The SMILES string of the molecule is CCOc1ccc(-c2noc(CNC(C)(COc3ccccc3)C(=O)OC)n2)cc1. The van der Waals surface area contributed by atoms with E-state index in [1.165, 1.54) is 7.11 Å². The number of hydrogen-bond acceptors (Lipinski definition) is 8. The Morgan fingerprint density at radius 2 is 1.77 bits per heavy atom. The van der Waals surface area contributed by atoms with Gasteiger partial charge in [0.05, 0.1) is 20.3 Å². The summed E-state index contributed by atoms with van der Waals surface area (Å²) in [6.45, 7) is 4.48. The van der Waals surface area contributed by atoms with Crippen molar-refractivity contribution in [3.63, 3.8) is 0 Å². The molecule has 0 fully saturated rings. The lowest BCUT2D eigenvalue weighted by molar-refractivity contribution is -0.149. The van der Waals surface area contributed by atoms with Crippen molar-refractivity contribution in [3.05, 3.63) is 60.5 Å². The summed E-state index contributed by atoms with van der Waals surface area (Å²) < 4.78 is 21.4. The standard InChI is InChI=1S/C22H25N3O5/c1-4-28-18-12-10-16(11-13-18)20-24-19(30-25-20)14-23-22(2,21(26)27-3)15-29-17-8-6-5-7-9-17/h5-13,23H,4,14-15H2,1-3H3. The van der Waals surface area contributed by atoms with E-state index in [1.54, 1.807) is 6.92 Å². The number of methoxy groups -OCH3 is 1. The summed E-state index contributed by atoms with van der Waals surface area (Å²) in [7, 11) is 1.33. The van der Waals surface area contributed by atoms with Crippen molar-refractivity contribution in [1.29, 1.82) is 0 Å². The monoisotopic (exact) mass is 411 g/mol. The maximum absolute atomic E-state index is 12.3. The van der Waals surface area contributed by atoms with Gasteiger partial charge in [0.2, 0.25) is 11.7 Å². The largest absolute Gasteiger partial charge is 0.494 e. The Morgan fingerprint density at radius 3 is 2.43 bits per heavy atom. The summed E-state index contributed by atoms with van der Waals surface area (Å²) in [5, 5.41) is 7.12. The zero-order valence-corrected chi connectivity index (χ0v) is 17.3. The van der Waals surface area contributed by atoms with Crippen LogP contribution in [0, 0.1) is 0 Å². The molecule has 1 heterocycles. The summed E-state index contributed by atoms with van der Waals surface area (Å²) in [5.74, 6) is 1.78. The second-order valence-electron chi connectivity index (χ2n) is 6.75. The van der Waals surface area contributed by atoms with Crippen LogP contribution >= 0.6 is 0 Å². The minimum atomic E-state index is -1.10. The normalized spacial score (nSPS) is 12.8. The van der Waals surface area contributed by atoms with Gasteiger partial charge < -0.3 is 18.7 Å². The molecule has 1 aromatic heterocycles. The fraction of sp³-hybridized carbons (Fsp3) is 0.318. The maximum atomic E-state index is 12.3. The Hall–Kier alpha value is -3.39. The molecular weight excluding hydrogens is 386 g/mol. The average Bonchev–Trinajstić information content (AvgIpc) is 3.26. The second-order valence-corrected chi connectivity index (χ2v) is 6.75. The third-order valence-electron chi connectivity index (χ3n) is 4.43. The van der Waals surface area contributed by atoms with Crippen LogP contribution in [0.2, 0.25) is 0 Å². The molecule has 0 radical (unpaired) electrons. The van der Waals surface area contributed by atoms with Gasteiger partial charge in [-0.05, 0) is 50.2 Å². The fourth-order valence-electron chi connectivity index (χ4n) is 2.73. The van der Waals surface area contributed by atoms with Gasteiger partial charge in [-0.3, -0.25) is 5.32 Å². The van der Waals surface area contributed by atoms with E-state index < -0.39 is 11.5 Å². The summed E-state index contributed by atoms with van der Waals surface area (Å²) >= 11 is 0. The van der Waals surface area contributed by atoms with E-state index in [4.69, 9.17) is 18.7 Å². The molecule has 1 N–H and O–H groups in total. The van der Waals surface area contributed by atoms with Crippen molar-refractivity contribution in [1.82, 2.24) is 15.5 Å². The van der Waals surface area contributed by atoms with Gasteiger partial charge in [-0.1, -0.05) is 23.4 Å². The number of rotatable bonds is 10. The molecule has 0 saturated heterocycles. The lowest BCUT2D eigenvalue weighted by Crippen LogP contribution is -2.54. The highest BCUT2D eigenvalue weighted by Gasteiger charge is 2.35. The molecule has 30 heavy (non-hydrogen) atoms. The molecule has 0 aliphatic carbocycles. The Balaban J connectivity index is 1.64. The first-order valence-electron chi connectivity index (χ1n) is 9.61. The van der Waals surface area contributed by atoms with Crippen molar-refractivity contribution in [2.45, 2.75) is 25.9 Å². The third-order valence-corrected chi connectivity index (χ3v) is 4.43. The number of carbonyl (C=O) groups excluding carboxylic acids is 1. The van der Waals surface area contributed by atoms with Gasteiger partial charge in [0.25, 0.3) is 0 Å². The van der Waals surface area contributed by atoms with Gasteiger partial charge in [-0.15, -0.1) is 0 Å². The molecule has 0 saturated carbocycles. The van der Waals surface area contributed by atoms with Crippen molar-refractivity contribution < 1.29 is 23.5 Å². The van der Waals surface area contributed by atoms with E-state index in [2.05, 4.69) is 15.5 Å². The summed E-state index contributed by atoms with van der Waals surface area (Å²) in [5.41, 5.74) is -0.296. The number of nitrogens with one attached hydrogen (secondary N) is 1. The number of esters is 1. The van der Waals surface area contributed by atoms with Crippen LogP contribution in [0.1, 0.15) is 19.7 Å². The molecule has 8 nitrogen and oxygen atoms in total. The molecule has 0 amide bonds. The van der Waals surface area contributed by atoms with Crippen LogP contribution in [0.3, 0.4) is 0 Å². The Bertz CT molecular complexity index is 943. The highest BCUT2D eigenvalue weighted by atomic mass is 16.5. The van der Waals surface area contributed by atoms with E-state index in [9.17, 15) is 4.79 Å². The van der Waals surface area contributed by atoms with Gasteiger partial charge in [0.1, 0.15) is 23.6 Å². The van der Waals surface area contributed by atoms with Crippen molar-refractivity contribution in [3.8, 4) is 22.9 Å². The summed E-state index contributed by atoms with van der Waals surface area (Å²) in [4.78, 5) is 16.7. The zero-order chi connectivity index (χ0) is 21.4. The second kappa shape index (κ2) is 9.89. The number of ether oxygens (including phenoxy) is 3. The molecule has 8 heteroatoms. The number of nitrogens with zero attached hydrogens (tertiary/aromatic N) is 2. The maximum Gasteiger partial charge on any atom is 0.329 e. The first-order chi connectivity index (χ1) is 14.5. The predicted molar refractivity (Wildman–Crippen MR) is 110 cm³/mol. The number of para-hydroxylation sites is 1. The minimum absolute atomic E-state index is 0.0730. The van der Waals surface area contributed by atoms with Crippen molar-refractivity contribution in [2.75, 3.05) is 20.3 Å². The van der Waals surface area contributed by atoms with Crippen LogP contribution in [-0.4, -0.2) is 42.0 Å². The third kappa shape index (κ3) is 5.36. The Morgan fingerprint density at radius 1 is 1.07 bits per heavy atom. The molecular formula is C22H25N3O5. The van der Waals surface area contributed by atoms with Crippen LogP contribution in [-0.2, 0) is 16.1 Å². The van der Waals surface area contributed by atoms with Crippen LogP contribution in [0.25, 0.3) is 11.4 Å². The predicted octanol–water partition coefficient (Wildman–Crippen LogP) is 3.24.